The highest BCUT2D eigenvalue weighted by molar-refractivity contribution is 5.91. The second kappa shape index (κ2) is 7.04. The van der Waals surface area contributed by atoms with Gasteiger partial charge in [-0.05, 0) is 30.0 Å². The van der Waals surface area contributed by atoms with Crippen molar-refractivity contribution in [3.63, 3.8) is 0 Å². The standard InChI is InChI=1S/C15H23NO2/c1-12(2)10-16(11-13(3)4)15(17)8-7-14-6-5-9-18-14/h5-9,12-13H,10-11H2,1-4H3. The van der Waals surface area contributed by atoms with Gasteiger partial charge in [0, 0.05) is 19.2 Å². The van der Waals surface area contributed by atoms with E-state index in [0.717, 1.165) is 13.1 Å². The molecule has 0 atom stereocenters. The molecule has 0 N–H and O–H groups in total. The van der Waals surface area contributed by atoms with Crippen LogP contribution in [0.5, 0.6) is 0 Å². The fourth-order valence-electron chi connectivity index (χ4n) is 1.78. The average Bonchev–Trinajstić information content (AvgIpc) is 2.76. The summed E-state index contributed by atoms with van der Waals surface area (Å²) in [5.74, 6) is 1.71. The van der Waals surface area contributed by atoms with Crippen molar-refractivity contribution in [2.45, 2.75) is 27.7 Å². The number of hydrogen-bond acceptors (Lipinski definition) is 2. The molecule has 0 spiro atoms. The highest BCUT2D eigenvalue weighted by Gasteiger charge is 2.13. The van der Waals surface area contributed by atoms with Gasteiger partial charge in [-0.15, -0.1) is 0 Å². The molecule has 0 aliphatic carbocycles. The molecule has 100 valence electrons. The average molecular weight is 249 g/mol. The van der Waals surface area contributed by atoms with Gasteiger partial charge in [-0.25, -0.2) is 0 Å². The molecule has 0 unspecified atom stereocenters. The summed E-state index contributed by atoms with van der Waals surface area (Å²) in [7, 11) is 0. The maximum absolute atomic E-state index is 12.1. The van der Waals surface area contributed by atoms with E-state index >= 15 is 0 Å². The largest absolute Gasteiger partial charge is 0.465 e. The molecule has 1 rings (SSSR count). The first-order chi connectivity index (χ1) is 8.49. The Morgan fingerprint density at radius 1 is 1.28 bits per heavy atom. The topological polar surface area (TPSA) is 33.5 Å². The first kappa shape index (κ1) is 14.6. The van der Waals surface area contributed by atoms with Crippen LogP contribution in [-0.4, -0.2) is 23.9 Å². The molecule has 0 radical (unpaired) electrons. The molecular formula is C15H23NO2. The third-order valence-electron chi connectivity index (χ3n) is 2.42. The van der Waals surface area contributed by atoms with Crippen molar-refractivity contribution >= 4 is 12.0 Å². The van der Waals surface area contributed by atoms with Crippen LogP contribution in [0.25, 0.3) is 6.08 Å². The van der Waals surface area contributed by atoms with E-state index in [1.54, 1.807) is 18.4 Å². The maximum atomic E-state index is 12.1. The second-order valence-corrected chi connectivity index (χ2v) is 5.38. The summed E-state index contributed by atoms with van der Waals surface area (Å²) in [6.45, 7) is 10.1. The summed E-state index contributed by atoms with van der Waals surface area (Å²) in [6.07, 6.45) is 4.91. The number of amides is 1. The van der Waals surface area contributed by atoms with Crippen LogP contribution in [0.3, 0.4) is 0 Å². The van der Waals surface area contributed by atoms with E-state index in [4.69, 9.17) is 4.42 Å². The molecule has 18 heavy (non-hydrogen) atoms. The molecule has 0 aliphatic rings. The van der Waals surface area contributed by atoms with Crippen LogP contribution in [0.15, 0.2) is 28.9 Å². The number of nitrogens with zero attached hydrogens (tertiary/aromatic N) is 1. The van der Waals surface area contributed by atoms with E-state index in [0.29, 0.717) is 17.6 Å². The monoisotopic (exact) mass is 249 g/mol. The van der Waals surface area contributed by atoms with Crippen molar-refractivity contribution < 1.29 is 9.21 Å². The lowest BCUT2D eigenvalue weighted by Crippen LogP contribution is -2.35. The minimum Gasteiger partial charge on any atom is -0.465 e. The number of furan rings is 1. The Hall–Kier alpha value is -1.51. The van der Waals surface area contributed by atoms with Gasteiger partial charge < -0.3 is 9.32 Å². The van der Waals surface area contributed by atoms with E-state index in [1.807, 2.05) is 17.0 Å². The van der Waals surface area contributed by atoms with Gasteiger partial charge in [-0.2, -0.15) is 0 Å². The zero-order chi connectivity index (χ0) is 13.5. The van der Waals surface area contributed by atoms with Gasteiger partial charge in [0.2, 0.25) is 5.91 Å². The molecule has 3 nitrogen and oxygen atoms in total. The van der Waals surface area contributed by atoms with Crippen molar-refractivity contribution in [2.24, 2.45) is 11.8 Å². The van der Waals surface area contributed by atoms with Gasteiger partial charge in [-0.3, -0.25) is 4.79 Å². The number of rotatable bonds is 6. The third kappa shape index (κ3) is 5.21. The van der Waals surface area contributed by atoms with Crippen molar-refractivity contribution in [1.29, 1.82) is 0 Å². The van der Waals surface area contributed by atoms with E-state index in [1.165, 1.54) is 0 Å². The lowest BCUT2D eigenvalue weighted by Gasteiger charge is -2.25. The molecule has 3 heteroatoms. The lowest BCUT2D eigenvalue weighted by molar-refractivity contribution is -0.127. The normalized spacial score (nSPS) is 11.7. The van der Waals surface area contributed by atoms with Crippen molar-refractivity contribution in [1.82, 2.24) is 4.90 Å². The van der Waals surface area contributed by atoms with Gasteiger partial charge >= 0.3 is 0 Å². The van der Waals surface area contributed by atoms with E-state index in [-0.39, 0.29) is 5.91 Å². The van der Waals surface area contributed by atoms with E-state index < -0.39 is 0 Å². The first-order valence-electron chi connectivity index (χ1n) is 6.49. The minimum absolute atomic E-state index is 0.0498. The summed E-state index contributed by atoms with van der Waals surface area (Å²) in [5.41, 5.74) is 0. The van der Waals surface area contributed by atoms with E-state index in [2.05, 4.69) is 27.7 Å². The Kier molecular flexibility index (Phi) is 5.69. The summed E-state index contributed by atoms with van der Waals surface area (Å²) in [5, 5.41) is 0. The SMILES string of the molecule is CC(C)CN(CC(C)C)C(=O)C=Cc1ccco1. The van der Waals surface area contributed by atoms with Crippen molar-refractivity contribution in [3.8, 4) is 0 Å². The molecule has 1 heterocycles. The Balaban J connectivity index is 2.63. The van der Waals surface area contributed by atoms with Crippen molar-refractivity contribution in [3.05, 3.63) is 30.2 Å². The Morgan fingerprint density at radius 2 is 1.89 bits per heavy atom. The Bertz CT molecular complexity index is 367. The summed E-state index contributed by atoms with van der Waals surface area (Å²) in [6, 6.07) is 3.64. The van der Waals surface area contributed by atoms with E-state index in [9.17, 15) is 4.79 Å². The third-order valence-corrected chi connectivity index (χ3v) is 2.42. The van der Waals surface area contributed by atoms with Crippen LogP contribution in [0.2, 0.25) is 0 Å². The smallest absolute Gasteiger partial charge is 0.246 e. The summed E-state index contributed by atoms with van der Waals surface area (Å²) >= 11 is 0. The fraction of sp³-hybridized carbons (Fsp3) is 0.533. The van der Waals surface area contributed by atoms with Crippen LogP contribution < -0.4 is 0 Å². The number of carbonyl (C=O) groups excluding carboxylic acids is 1. The predicted molar refractivity (Wildman–Crippen MR) is 74.0 cm³/mol. The van der Waals surface area contributed by atoms with Crippen LogP contribution in [-0.2, 0) is 4.79 Å². The summed E-state index contributed by atoms with van der Waals surface area (Å²) in [4.78, 5) is 14.0. The van der Waals surface area contributed by atoms with Gasteiger partial charge in [-0.1, -0.05) is 27.7 Å². The Labute approximate surface area is 109 Å². The molecule has 0 fully saturated rings. The molecule has 0 saturated heterocycles. The molecule has 0 saturated carbocycles. The van der Waals surface area contributed by atoms with Crippen LogP contribution in [0, 0.1) is 11.8 Å². The van der Waals surface area contributed by atoms with Crippen LogP contribution in [0.1, 0.15) is 33.5 Å². The predicted octanol–water partition coefficient (Wildman–Crippen LogP) is 3.43. The molecule has 1 aromatic rings. The number of carbonyl (C=O) groups is 1. The lowest BCUT2D eigenvalue weighted by atomic mass is 10.1. The molecular weight excluding hydrogens is 226 g/mol. The van der Waals surface area contributed by atoms with Crippen LogP contribution >= 0.6 is 0 Å². The minimum atomic E-state index is 0.0498. The molecule has 0 bridgehead atoms. The first-order valence-corrected chi connectivity index (χ1v) is 6.49. The number of hydrogen-bond donors (Lipinski definition) is 0. The molecule has 0 aliphatic heterocycles. The molecule has 0 aromatic carbocycles. The second-order valence-electron chi connectivity index (χ2n) is 5.38. The van der Waals surface area contributed by atoms with Gasteiger partial charge in [0.05, 0.1) is 6.26 Å². The van der Waals surface area contributed by atoms with Gasteiger partial charge in [0.25, 0.3) is 0 Å². The molecule has 1 aromatic heterocycles. The quantitative estimate of drug-likeness (QED) is 0.724. The molecule has 1 amide bonds. The summed E-state index contributed by atoms with van der Waals surface area (Å²) < 4.78 is 5.17. The zero-order valence-electron chi connectivity index (χ0n) is 11.7. The highest BCUT2D eigenvalue weighted by atomic mass is 16.3. The van der Waals surface area contributed by atoms with Gasteiger partial charge in [0.15, 0.2) is 0 Å². The fourth-order valence-corrected chi connectivity index (χ4v) is 1.78. The zero-order valence-corrected chi connectivity index (χ0v) is 11.7. The Morgan fingerprint density at radius 3 is 2.33 bits per heavy atom. The van der Waals surface area contributed by atoms with Crippen molar-refractivity contribution in [2.75, 3.05) is 13.1 Å². The van der Waals surface area contributed by atoms with Gasteiger partial charge in [0.1, 0.15) is 5.76 Å². The van der Waals surface area contributed by atoms with Crippen LogP contribution in [0.4, 0.5) is 0 Å². The highest BCUT2D eigenvalue weighted by Crippen LogP contribution is 2.07. The maximum Gasteiger partial charge on any atom is 0.246 e.